The molecular formula is C47H66O6. The van der Waals surface area contributed by atoms with Crippen LogP contribution in [-0.2, 0) is 14.3 Å². The van der Waals surface area contributed by atoms with E-state index in [0.717, 1.165) is 54.6 Å². The maximum atomic E-state index is 13.4. The summed E-state index contributed by atoms with van der Waals surface area (Å²) in [7, 11) is 0. The zero-order chi connectivity index (χ0) is 39.0. The smallest absolute Gasteiger partial charge is 0.330 e. The lowest BCUT2D eigenvalue weighted by Crippen LogP contribution is -2.40. The van der Waals surface area contributed by atoms with Crippen molar-refractivity contribution < 1.29 is 28.5 Å². The van der Waals surface area contributed by atoms with Crippen LogP contribution < -0.4 is 14.2 Å². The van der Waals surface area contributed by atoms with Crippen molar-refractivity contribution in [2.75, 3.05) is 0 Å². The van der Waals surface area contributed by atoms with E-state index < -0.39 is 17.2 Å². The second-order valence-electron chi connectivity index (χ2n) is 17.8. The molecule has 6 nitrogen and oxygen atoms in total. The number of carbonyl (C=O) groups is 2. The van der Waals surface area contributed by atoms with Gasteiger partial charge >= 0.3 is 11.9 Å². The highest BCUT2D eigenvalue weighted by Gasteiger charge is 2.35. The molecule has 0 aromatic heterocycles. The van der Waals surface area contributed by atoms with E-state index in [1.54, 1.807) is 0 Å². The van der Waals surface area contributed by atoms with Gasteiger partial charge in [0.25, 0.3) is 0 Å². The fourth-order valence-electron chi connectivity index (χ4n) is 9.13. The molecular weight excluding hydrogens is 661 g/mol. The molecule has 0 saturated heterocycles. The number of carbonyl (C=O) groups excluding carboxylic acids is 2. The van der Waals surface area contributed by atoms with Gasteiger partial charge in [-0.15, -0.1) is 0 Å². The molecule has 2 aliphatic carbocycles. The van der Waals surface area contributed by atoms with Gasteiger partial charge in [0.15, 0.2) is 0 Å². The second-order valence-corrected chi connectivity index (χ2v) is 17.8. The first-order valence-electron chi connectivity index (χ1n) is 19.9. The van der Waals surface area contributed by atoms with Gasteiger partial charge in [-0.05, 0) is 164 Å². The Hall–Kier alpha value is -3.80. The minimum atomic E-state index is -0.710. The van der Waals surface area contributed by atoms with E-state index in [4.69, 9.17) is 18.9 Å². The van der Waals surface area contributed by atoms with E-state index >= 15 is 0 Å². The molecule has 2 saturated carbocycles. The van der Waals surface area contributed by atoms with Gasteiger partial charge in [0.05, 0.1) is 5.92 Å². The molecule has 0 N–H and O–H groups in total. The highest BCUT2D eigenvalue weighted by molar-refractivity contribution is 5.81. The molecule has 0 atom stereocenters. The monoisotopic (exact) mass is 726 g/mol. The summed E-state index contributed by atoms with van der Waals surface area (Å²) < 4.78 is 24.2. The van der Waals surface area contributed by atoms with Crippen molar-refractivity contribution >= 4 is 18.0 Å². The number of hydrogen-bond acceptors (Lipinski definition) is 6. The van der Waals surface area contributed by atoms with E-state index in [9.17, 15) is 9.59 Å². The van der Waals surface area contributed by atoms with E-state index in [1.807, 2.05) is 77.1 Å². The fourth-order valence-corrected chi connectivity index (χ4v) is 9.13. The van der Waals surface area contributed by atoms with Gasteiger partial charge in [-0.1, -0.05) is 53.0 Å². The first-order valence-corrected chi connectivity index (χ1v) is 19.9. The molecule has 2 aromatic carbocycles. The number of allylic oxidation sites excluding steroid dienone is 2. The topological polar surface area (TPSA) is 71.1 Å². The number of ether oxygens (including phenoxy) is 4. The maximum absolute atomic E-state index is 13.4. The van der Waals surface area contributed by atoms with Crippen LogP contribution in [0, 0.1) is 29.1 Å². The molecule has 0 radical (unpaired) electrons. The van der Waals surface area contributed by atoms with Gasteiger partial charge in [0, 0.05) is 24.0 Å². The zero-order valence-electron chi connectivity index (χ0n) is 34.1. The average Bonchev–Trinajstić information content (AvgIpc) is 3.10. The van der Waals surface area contributed by atoms with Crippen molar-refractivity contribution in [3.05, 3.63) is 84.7 Å². The van der Waals surface area contributed by atoms with Crippen LogP contribution in [0.5, 0.6) is 17.2 Å². The summed E-state index contributed by atoms with van der Waals surface area (Å²) in [5.41, 5.74) is 1.32. The van der Waals surface area contributed by atoms with Crippen LogP contribution in [0.3, 0.4) is 0 Å². The minimum absolute atomic E-state index is 0.142. The Morgan fingerprint density at radius 3 is 1.96 bits per heavy atom. The summed E-state index contributed by atoms with van der Waals surface area (Å²) in [6.07, 6.45) is 15.0. The molecule has 0 spiro atoms. The van der Waals surface area contributed by atoms with Gasteiger partial charge in [0.2, 0.25) is 0 Å². The molecule has 53 heavy (non-hydrogen) atoms. The van der Waals surface area contributed by atoms with Crippen molar-refractivity contribution in [3.8, 4) is 17.2 Å². The Balaban J connectivity index is 1.26. The highest BCUT2D eigenvalue weighted by atomic mass is 16.6. The Morgan fingerprint density at radius 2 is 1.40 bits per heavy atom. The number of hydrogen-bond donors (Lipinski definition) is 0. The summed E-state index contributed by atoms with van der Waals surface area (Å²) in [5, 5.41) is 0. The van der Waals surface area contributed by atoms with Crippen LogP contribution in [0.15, 0.2) is 73.5 Å². The van der Waals surface area contributed by atoms with Gasteiger partial charge in [-0.2, -0.15) is 0 Å². The summed E-state index contributed by atoms with van der Waals surface area (Å²) in [5.74, 6) is 4.48. The summed E-state index contributed by atoms with van der Waals surface area (Å²) in [6.45, 7) is 26.8. The first-order chi connectivity index (χ1) is 24.9. The lowest BCUT2D eigenvalue weighted by Gasteiger charge is -2.40. The van der Waals surface area contributed by atoms with Crippen molar-refractivity contribution in [2.45, 2.75) is 144 Å². The third-order valence-electron chi connectivity index (χ3n) is 11.3. The molecule has 2 aliphatic rings. The molecule has 0 bridgehead atoms. The van der Waals surface area contributed by atoms with Gasteiger partial charge in [-0.3, -0.25) is 4.79 Å². The van der Waals surface area contributed by atoms with Gasteiger partial charge < -0.3 is 18.9 Å². The third kappa shape index (κ3) is 12.1. The number of rotatable bonds is 16. The van der Waals surface area contributed by atoms with Crippen molar-refractivity contribution in [1.29, 1.82) is 0 Å². The van der Waals surface area contributed by atoms with Crippen molar-refractivity contribution in [1.82, 2.24) is 0 Å². The summed E-state index contributed by atoms with van der Waals surface area (Å²) in [4.78, 5) is 25.1. The normalized spacial score (nSPS) is 21.4. The Bertz CT molecular complexity index is 1580. The molecule has 0 heterocycles. The number of benzene rings is 2. The highest BCUT2D eigenvalue weighted by Crippen LogP contribution is 2.46. The predicted octanol–water partition coefficient (Wildman–Crippen LogP) is 12.4. The average molecular weight is 727 g/mol. The van der Waals surface area contributed by atoms with Crippen LogP contribution in [0.1, 0.15) is 144 Å². The Morgan fingerprint density at radius 1 is 0.792 bits per heavy atom. The first kappa shape index (κ1) is 41.9. The largest absolute Gasteiger partial charge is 0.488 e. The van der Waals surface area contributed by atoms with Crippen LogP contribution in [0.25, 0.3) is 6.08 Å². The molecule has 2 aromatic rings. The van der Waals surface area contributed by atoms with Crippen LogP contribution in [0.2, 0.25) is 0 Å². The third-order valence-corrected chi connectivity index (χ3v) is 11.3. The van der Waals surface area contributed by atoms with E-state index in [2.05, 4.69) is 53.0 Å². The van der Waals surface area contributed by atoms with Crippen molar-refractivity contribution in [2.24, 2.45) is 29.1 Å². The molecule has 0 amide bonds. The molecule has 2 fully saturated rings. The van der Waals surface area contributed by atoms with Crippen LogP contribution >= 0.6 is 0 Å². The maximum Gasteiger partial charge on any atom is 0.330 e. The Kier molecular flexibility index (Phi) is 14.3. The van der Waals surface area contributed by atoms with Crippen LogP contribution in [0.4, 0.5) is 0 Å². The minimum Gasteiger partial charge on any atom is -0.488 e. The zero-order valence-corrected chi connectivity index (χ0v) is 34.1. The molecule has 0 aliphatic heterocycles. The summed E-state index contributed by atoms with van der Waals surface area (Å²) in [6, 6.07) is 13.9. The van der Waals surface area contributed by atoms with E-state index in [1.165, 1.54) is 43.7 Å². The molecule has 0 unspecified atom stereocenters. The lowest BCUT2D eigenvalue weighted by molar-refractivity contribution is -0.154. The van der Waals surface area contributed by atoms with E-state index in [-0.39, 0.29) is 17.8 Å². The van der Waals surface area contributed by atoms with Crippen molar-refractivity contribution in [3.63, 3.8) is 0 Å². The van der Waals surface area contributed by atoms with E-state index in [0.29, 0.717) is 29.3 Å². The summed E-state index contributed by atoms with van der Waals surface area (Å²) >= 11 is 0. The molecule has 290 valence electrons. The molecule has 6 heteroatoms. The SMILES string of the molecule is C=CC(=O)OC(C)(C)CC(C)(C)Oc1ccc(O/C(=C/C)C2CCC(C(=O)Oc3ccc(C4CCC(C(C)(C)CC(C)C)CC4)cc3C=C)CC2)cc1. The second kappa shape index (κ2) is 18.0. The standard InChI is InChI=1S/C47H66O6/c1-12-33-29-37(34-19-22-38(23-20-34)45(6,7)30-32(4)5)21-28-42(33)51-44(49)36-17-15-35(16-18-36)41(13-2)50-39-24-26-40(27-25-39)52-46(8,9)31-47(10,11)53-43(48)14-3/h12-14,21,24-29,32,34-36,38H,1,3,15-20,22-23,30-31H2,2,4-11H3/b41-13+. The predicted molar refractivity (Wildman–Crippen MR) is 216 cm³/mol. The van der Waals surface area contributed by atoms with Gasteiger partial charge in [-0.25, -0.2) is 4.79 Å². The number of esters is 2. The quantitative estimate of drug-likeness (QED) is 0.0742. The lowest BCUT2D eigenvalue weighted by atomic mass is 9.65. The Labute approximate surface area is 320 Å². The fraction of sp³-hybridized carbons (Fsp3) is 0.574. The van der Waals surface area contributed by atoms with Crippen LogP contribution in [-0.4, -0.2) is 23.1 Å². The van der Waals surface area contributed by atoms with Gasteiger partial charge in [0.1, 0.15) is 34.2 Å². The molecule has 4 rings (SSSR count).